The Morgan fingerprint density at radius 3 is 2.42 bits per heavy atom. The standard InChI is InChI=1S/C15H13F2NO/c1-10-2-5-12(8-14(10)17)15(19)18-9-11-3-6-13(16)7-4-11/h2-8H,9H2,1H3,(H,18,19). The minimum absolute atomic E-state index is 0.269. The van der Waals surface area contributed by atoms with Crippen LogP contribution in [-0.2, 0) is 6.54 Å². The summed E-state index contributed by atoms with van der Waals surface area (Å²) in [6.07, 6.45) is 0. The first-order valence-corrected chi connectivity index (χ1v) is 5.85. The van der Waals surface area contributed by atoms with Crippen LogP contribution < -0.4 is 5.32 Å². The Kier molecular flexibility index (Phi) is 3.90. The maximum absolute atomic E-state index is 13.3. The van der Waals surface area contributed by atoms with Crippen molar-refractivity contribution in [3.63, 3.8) is 0 Å². The third-order valence-electron chi connectivity index (χ3n) is 2.80. The van der Waals surface area contributed by atoms with Crippen molar-refractivity contribution in [3.8, 4) is 0 Å². The van der Waals surface area contributed by atoms with Crippen molar-refractivity contribution in [1.82, 2.24) is 5.32 Å². The van der Waals surface area contributed by atoms with Crippen LogP contribution in [-0.4, -0.2) is 5.91 Å². The Balaban J connectivity index is 2.01. The topological polar surface area (TPSA) is 29.1 Å². The van der Waals surface area contributed by atoms with E-state index in [9.17, 15) is 13.6 Å². The predicted molar refractivity (Wildman–Crippen MR) is 68.7 cm³/mol. The number of halogens is 2. The molecule has 0 unspecified atom stereocenters. The lowest BCUT2D eigenvalue weighted by molar-refractivity contribution is 0.0950. The van der Waals surface area contributed by atoms with Crippen LogP contribution in [0.1, 0.15) is 21.5 Å². The molecule has 0 radical (unpaired) electrons. The molecule has 19 heavy (non-hydrogen) atoms. The normalized spacial score (nSPS) is 10.3. The van der Waals surface area contributed by atoms with Crippen LogP contribution in [0.25, 0.3) is 0 Å². The minimum Gasteiger partial charge on any atom is -0.348 e. The van der Waals surface area contributed by atoms with Gasteiger partial charge in [0.25, 0.3) is 5.91 Å². The van der Waals surface area contributed by atoms with Crippen molar-refractivity contribution in [3.05, 3.63) is 70.8 Å². The van der Waals surface area contributed by atoms with Crippen LogP contribution >= 0.6 is 0 Å². The van der Waals surface area contributed by atoms with E-state index < -0.39 is 5.82 Å². The van der Waals surface area contributed by atoms with Gasteiger partial charge >= 0.3 is 0 Å². The summed E-state index contributed by atoms with van der Waals surface area (Å²) in [6, 6.07) is 10.2. The number of carbonyl (C=O) groups is 1. The fraction of sp³-hybridized carbons (Fsp3) is 0.133. The molecule has 0 saturated carbocycles. The van der Waals surface area contributed by atoms with Gasteiger partial charge in [-0.05, 0) is 42.3 Å². The van der Waals surface area contributed by atoms with E-state index in [0.29, 0.717) is 5.56 Å². The summed E-state index contributed by atoms with van der Waals surface area (Å²) in [5.41, 5.74) is 1.54. The summed E-state index contributed by atoms with van der Waals surface area (Å²) in [5.74, 6) is -1.09. The number of carbonyl (C=O) groups excluding carboxylic acids is 1. The van der Waals surface area contributed by atoms with E-state index in [1.165, 1.54) is 18.2 Å². The molecule has 0 bridgehead atoms. The summed E-state index contributed by atoms with van der Waals surface area (Å²) >= 11 is 0. The summed E-state index contributed by atoms with van der Waals surface area (Å²) in [5, 5.41) is 2.65. The van der Waals surface area contributed by atoms with Crippen LogP contribution in [0.3, 0.4) is 0 Å². The highest BCUT2D eigenvalue weighted by Gasteiger charge is 2.07. The quantitative estimate of drug-likeness (QED) is 0.903. The van der Waals surface area contributed by atoms with Crippen molar-refractivity contribution in [1.29, 1.82) is 0 Å². The van der Waals surface area contributed by atoms with Crippen LogP contribution in [0.2, 0.25) is 0 Å². The van der Waals surface area contributed by atoms with Gasteiger partial charge in [-0.3, -0.25) is 4.79 Å². The molecule has 98 valence electrons. The van der Waals surface area contributed by atoms with Gasteiger partial charge in [0.1, 0.15) is 11.6 Å². The molecule has 0 aromatic heterocycles. The smallest absolute Gasteiger partial charge is 0.251 e. The van der Waals surface area contributed by atoms with E-state index in [4.69, 9.17) is 0 Å². The molecule has 4 heteroatoms. The fourth-order valence-corrected chi connectivity index (χ4v) is 1.62. The van der Waals surface area contributed by atoms with E-state index in [1.807, 2.05) is 0 Å². The SMILES string of the molecule is Cc1ccc(C(=O)NCc2ccc(F)cc2)cc1F. The Morgan fingerprint density at radius 1 is 1.11 bits per heavy atom. The molecule has 2 rings (SSSR count). The minimum atomic E-state index is -0.408. The molecule has 0 aliphatic carbocycles. The molecule has 0 spiro atoms. The second-order valence-corrected chi connectivity index (χ2v) is 4.27. The second-order valence-electron chi connectivity index (χ2n) is 4.27. The third-order valence-corrected chi connectivity index (χ3v) is 2.80. The molecule has 0 saturated heterocycles. The van der Waals surface area contributed by atoms with E-state index in [1.54, 1.807) is 31.2 Å². The maximum atomic E-state index is 13.3. The van der Waals surface area contributed by atoms with Gasteiger partial charge in [-0.1, -0.05) is 18.2 Å². The van der Waals surface area contributed by atoms with Gasteiger partial charge in [0.05, 0.1) is 0 Å². The lowest BCUT2D eigenvalue weighted by Gasteiger charge is -2.06. The van der Waals surface area contributed by atoms with E-state index in [-0.39, 0.29) is 23.8 Å². The van der Waals surface area contributed by atoms with E-state index >= 15 is 0 Å². The summed E-state index contributed by atoms with van der Waals surface area (Å²) in [7, 11) is 0. The van der Waals surface area contributed by atoms with Gasteiger partial charge in [0.15, 0.2) is 0 Å². The molecule has 0 atom stereocenters. The van der Waals surface area contributed by atoms with Gasteiger partial charge < -0.3 is 5.32 Å². The molecular weight excluding hydrogens is 248 g/mol. The van der Waals surface area contributed by atoms with Crippen molar-refractivity contribution in [2.75, 3.05) is 0 Å². The number of aryl methyl sites for hydroxylation is 1. The van der Waals surface area contributed by atoms with Gasteiger partial charge in [-0.25, -0.2) is 8.78 Å². The monoisotopic (exact) mass is 261 g/mol. The van der Waals surface area contributed by atoms with Gasteiger partial charge in [-0.2, -0.15) is 0 Å². The Morgan fingerprint density at radius 2 is 1.79 bits per heavy atom. The number of hydrogen-bond acceptors (Lipinski definition) is 1. The average molecular weight is 261 g/mol. The first-order chi connectivity index (χ1) is 9.06. The fourth-order valence-electron chi connectivity index (χ4n) is 1.62. The van der Waals surface area contributed by atoms with Gasteiger partial charge in [0.2, 0.25) is 0 Å². The van der Waals surface area contributed by atoms with Gasteiger partial charge in [0, 0.05) is 12.1 Å². The second kappa shape index (κ2) is 5.61. The van der Waals surface area contributed by atoms with Crippen LogP contribution in [0.4, 0.5) is 8.78 Å². The molecule has 0 heterocycles. The molecule has 0 aliphatic heterocycles. The highest BCUT2D eigenvalue weighted by Crippen LogP contribution is 2.09. The van der Waals surface area contributed by atoms with Crippen LogP contribution in [0, 0.1) is 18.6 Å². The van der Waals surface area contributed by atoms with Crippen LogP contribution in [0.5, 0.6) is 0 Å². The summed E-state index contributed by atoms with van der Waals surface area (Å²) in [6.45, 7) is 1.91. The van der Waals surface area contributed by atoms with E-state index in [2.05, 4.69) is 5.32 Å². The lowest BCUT2D eigenvalue weighted by atomic mass is 10.1. The number of benzene rings is 2. The first-order valence-electron chi connectivity index (χ1n) is 5.85. The molecule has 0 fully saturated rings. The Labute approximate surface area is 110 Å². The number of rotatable bonds is 3. The third kappa shape index (κ3) is 3.37. The zero-order valence-corrected chi connectivity index (χ0v) is 10.4. The molecule has 1 N–H and O–H groups in total. The number of hydrogen-bond donors (Lipinski definition) is 1. The molecule has 2 aromatic carbocycles. The molecule has 2 aromatic rings. The van der Waals surface area contributed by atoms with Gasteiger partial charge in [-0.15, -0.1) is 0 Å². The van der Waals surface area contributed by atoms with Crippen molar-refractivity contribution >= 4 is 5.91 Å². The zero-order valence-electron chi connectivity index (χ0n) is 10.4. The highest BCUT2D eigenvalue weighted by atomic mass is 19.1. The number of nitrogens with one attached hydrogen (secondary N) is 1. The molecule has 1 amide bonds. The van der Waals surface area contributed by atoms with Crippen molar-refractivity contribution in [2.45, 2.75) is 13.5 Å². The zero-order chi connectivity index (χ0) is 13.8. The molecule has 2 nitrogen and oxygen atoms in total. The summed E-state index contributed by atoms with van der Waals surface area (Å²) in [4.78, 5) is 11.8. The van der Waals surface area contributed by atoms with Crippen LogP contribution in [0.15, 0.2) is 42.5 Å². The van der Waals surface area contributed by atoms with E-state index in [0.717, 1.165) is 5.56 Å². The molecule has 0 aliphatic rings. The first kappa shape index (κ1) is 13.2. The largest absolute Gasteiger partial charge is 0.348 e. The highest BCUT2D eigenvalue weighted by molar-refractivity contribution is 5.94. The van der Waals surface area contributed by atoms with Crippen molar-refractivity contribution < 1.29 is 13.6 Å². The average Bonchev–Trinajstić information content (AvgIpc) is 2.41. The Hall–Kier alpha value is -2.23. The Bertz CT molecular complexity index is 594. The maximum Gasteiger partial charge on any atom is 0.251 e. The lowest BCUT2D eigenvalue weighted by Crippen LogP contribution is -2.22. The number of amides is 1. The van der Waals surface area contributed by atoms with Crippen molar-refractivity contribution in [2.24, 2.45) is 0 Å². The summed E-state index contributed by atoms with van der Waals surface area (Å²) < 4.78 is 26.0. The molecular formula is C15H13F2NO. The predicted octanol–water partition coefficient (Wildman–Crippen LogP) is 3.20.